The second-order valence-electron chi connectivity index (χ2n) is 4.97. The minimum Gasteiger partial charge on any atom is -0.487 e. The second kappa shape index (κ2) is 5.91. The fourth-order valence-corrected chi connectivity index (χ4v) is 2.42. The molecule has 0 spiro atoms. The SMILES string of the molecule is CCC(=O)NC[C@H]1Cc2cccc(-c3ncccn3)c2O1. The number of amides is 1. The number of benzene rings is 1. The van der Waals surface area contributed by atoms with Crippen molar-refractivity contribution in [1.29, 1.82) is 0 Å². The number of ether oxygens (including phenoxy) is 1. The Hall–Kier alpha value is -2.43. The number of carbonyl (C=O) groups is 1. The van der Waals surface area contributed by atoms with Crippen LogP contribution in [0, 0.1) is 0 Å². The maximum absolute atomic E-state index is 11.3. The smallest absolute Gasteiger partial charge is 0.219 e. The molecule has 108 valence electrons. The molecule has 1 aliphatic rings. The molecule has 0 aliphatic carbocycles. The molecule has 0 fully saturated rings. The fourth-order valence-electron chi connectivity index (χ4n) is 2.42. The molecule has 1 amide bonds. The molecule has 1 aromatic carbocycles. The van der Waals surface area contributed by atoms with Gasteiger partial charge in [-0.3, -0.25) is 4.79 Å². The van der Waals surface area contributed by atoms with Crippen LogP contribution in [0.15, 0.2) is 36.7 Å². The molecule has 2 aromatic rings. The van der Waals surface area contributed by atoms with Crippen LogP contribution in [0.3, 0.4) is 0 Å². The third kappa shape index (κ3) is 2.86. The first kappa shape index (κ1) is 13.5. The summed E-state index contributed by atoms with van der Waals surface area (Å²) in [5.41, 5.74) is 2.04. The van der Waals surface area contributed by atoms with E-state index >= 15 is 0 Å². The molecule has 0 unspecified atom stereocenters. The molecule has 5 heteroatoms. The minimum atomic E-state index is -0.0274. The van der Waals surface area contributed by atoms with Crippen LogP contribution in [0.1, 0.15) is 18.9 Å². The summed E-state index contributed by atoms with van der Waals surface area (Å²) in [6.07, 6.45) is 4.69. The molecule has 0 radical (unpaired) electrons. The summed E-state index contributed by atoms with van der Waals surface area (Å²) in [5, 5.41) is 2.87. The molecule has 0 saturated heterocycles. The molecule has 1 N–H and O–H groups in total. The Balaban J connectivity index is 1.79. The summed E-state index contributed by atoms with van der Waals surface area (Å²) in [6, 6.07) is 7.78. The van der Waals surface area contributed by atoms with Crippen LogP contribution in [-0.4, -0.2) is 28.5 Å². The van der Waals surface area contributed by atoms with Gasteiger partial charge in [0.05, 0.1) is 12.1 Å². The lowest BCUT2D eigenvalue weighted by Crippen LogP contribution is -2.33. The van der Waals surface area contributed by atoms with Crippen molar-refractivity contribution in [3.8, 4) is 17.1 Å². The average molecular weight is 283 g/mol. The lowest BCUT2D eigenvalue weighted by Gasteiger charge is -2.12. The van der Waals surface area contributed by atoms with Gasteiger partial charge >= 0.3 is 0 Å². The largest absolute Gasteiger partial charge is 0.487 e. The molecule has 2 heterocycles. The summed E-state index contributed by atoms with van der Waals surface area (Å²) < 4.78 is 5.99. The van der Waals surface area contributed by atoms with E-state index < -0.39 is 0 Å². The van der Waals surface area contributed by atoms with Crippen molar-refractivity contribution in [2.45, 2.75) is 25.9 Å². The number of nitrogens with one attached hydrogen (secondary N) is 1. The number of nitrogens with zero attached hydrogens (tertiary/aromatic N) is 2. The molecule has 5 nitrogen and oxygen atoms in total. The lowest BCUT2D eigenvalue weighted by atomic mass is 10.1. The monoisotopic (exact) mass is 283 g/mol. The number of para-hydroxylation sites is 1. The minimum absolute atomic E-state index is 0.0274. The van der Waals surface area contributed by atoms with Crippen molar-refractivity contribution in [1.82, 2.24) is 15.3 Å². The molecule has 3 rings (SSSR count). The Kier molecular flexibility index (Phi) is 3.81. The van der Waals surface area contributed by atoms with Gasteiger partial charge in [0.15, 0.2) is 5.82 Å². The number of aromatic nitrogens is 2. The highest BCUT2D eigenvalue weighted by Crippen LogP contribution is 2.37. The maximum Gasteiger partial charge on any atom is 0.219 e. The van der Waals surface area contributed by atoms with Gasteiger partial charge in [-0.1, -0.05) is 19.1 Å². The highest BCUT2D eigenvalue weighted by atomic mass is 16.5. The van der Waals surface area contributed by atoms with Gasteiger partial charge in [-0.25, -0.2) is 9.97 Å². The van der Waals surface area contributed by atoms with Gasteiger partial charge in [-0.05, 0) is 17.7 Å². The van der Waals surface area contributed by atoms with Gasteiger partial charge in [0.1, 0.15) is 11.9 Å². The number of hydrogen-bond acceptors (Lipinski definition) is 4. The Labute approximate surface area is 123 Å². The van der Waals surface area contributed by atoms with Crippen LogP contribution in [-0.2, 0) is 11.2 Å². The van der Waals surface area contributed by atoms with Gasteiger partial charge in [0.2, 0.25) is 5.91 Å². The Morgan fingerprint density at radius 2 is 2.14 bits per heavy atom. The number of rotatable bonds is 4. The van der Waals surface area contributed by atoms with E-state index in [9.17, 15) is 4.79 Å². The van der Waals surface area contributed by atoms with Crippen LogP contribution >= 0.6 is 0 Å². The number of fused-ring (bicyclic) bond motifs is 1. The zero-order chi connectivity index (χ0) is 14.7. The highest BCUT2D eigenvalue weighted by Gasteiger charge is 2.26. The van der Waals surface area contributed by atoms with E-state index in [2.05, 4.69) is 15.3 Å². The van der Waals surface area contributed by atoms with Crippen molar-refractivity contribution in [2.24, 2.45) is 0 Å². The number of hydrogen-bond donors (Lipinski definition) is 1. The standard InChI is InChI=1S/C16H17N3O2/c1-2-14(20)19-10-12-9-11-5-3-6-13(15(11)21-12)16-17-7-4-8-18-16/h3-8,12H,2,9-10H2,1H3,(H,19,20)/t12-/m1/s1. The summed E-state index contributed by atoms with van der Waals surface area (Å²) >= 11 is 0. The lowest BCUT2D eigenvalue weighted by molar-refractivity contribution is -0.121. The second-order valence-corrected chi connectivity index (χ2v) is 4.97. The molecular formula is C16H17N3O2. The van der Waals surface area contributed by atoms with E-state index in [4.69, 9.17) is 4.74 Å². The fraction of sp³-hybridized carbons (Fsp3) is 0.312. The highest BCUT2D eigenvalue weighted by molar-refractivity contribution is 5.75. The average Bonchev–Trinajstić information content (AvgIpc) is 2.96. The van der Waals surface area contributed by atoms with Crippen molar-refractivity contribution in [3.05, 3.63) is 42.2 Å². The third-order valence-corrected chi connectivity index (χ3v) is 3.48. The summed E-state index contributed by atoms with van der Waals surface area (Å²) in [7, 11) is 0. The van der Waals surface area contributed by atoms with E-state index in [1.54, 1.807) is 18.5 Å². The van der Waals surface area contributed by atoms with E-state index in [1.165, 1.54) is 0 Å². The topological polar surface area (TPSA) is 64.1 Å². The van der Waals surface area contributed by atoms with Gasteiger partial charge in [-0.15, -0.1) is 0 Å². The Morgan fingerprint density at radius 3 is 2.90 bits per heavy atom. The van der Waals surface area contributed by atoms with Crippen LogP contribution in [0.25, 0.3) is 11.4 Å². The van der Waals surface area contributed by atoms with Gasteiger partial charge in [-0.2, -0.15) is 0 Å². The van der Waals surface area contributed by atoms with Gasteiger partial charge in [0, 0.05) is 25.2 Å². The quantitative estimate of drug-likeness (QED) is 0.931. The Bertz CT molecular complexity index is 643. The van der Waals surface area contributed by atoms with Crippen LogP contribution in [0.2, 0.25) is 0 Å². The molecule has 0 bridgehead atoms. The number of carbonyl (C=O) groups excluding carboxylic acids is 1. The first-order valence-corrected chi connectivity index (χ1v) is 7.10. The zero-order valence-electron chi connectivity index (χ0n) is 11.9. The molecule has 0 saturated carbocycles. The normalized spacial score (nSPS) is 16.1. The summed E-state index contributed by atoms with van der Waals surface area (Å²) in [6.45, 7) is 2.36. The summed E-state index contributed by atoms with van der Waals surface area (Å²) in [5.74, 6) is 1.54. The van der Waals surface area contributed by atoms with Crippen LogP contribution < -0.4 is 10.1 Å². The first-order chi connectivity index (χ1) is 10.3. The van der Waals surface area contributed by atoms with Crippen molar-refractivity contribution in [3.63, 3.8) is 0 Å². The predicted molar refractivity (Wildman–Crippen MR) is 78.9 cm³/mol. The van der Waals surface area contributed by atoms with E-state index in [0.717, 1.165) is 23.3 Å². The van der Waals surface area contributed by atoms with Crippen LogP contribution in [0.5, 0.6) is 5.75 Å². The molecule has 21 heavy (non-hydrogen) atoms. The summed E-state index contributed by atoms with van der Waals surface area (Å²) in [4.78, 5) is 19.9. The van der Waals surface area contributed by atoms with Gasteiger partial charge in [0.25, 0.3) is 0 Å². The van der Waals surface area contributed by atoms with Gasteiger partial charge < -0.3 is 10.1 Å². The van der Waals surface area contributed by atoms with Crippen molar-refractivity contribution < 1.29 is 9.53 Å². The van der Waals surface area contributed by atoms with Crippen molar-refractivity contribution in [2.75, 3.05) is 6.54 Å². The molecular weight excluding hydrogens is 266 g/mol. The first-order valence-electron chi connectivity index (χ1n) is 7.10. The van der Waals surface area contributed by atoms with E-state index in [-0.39, 0.29) is 12.0 Å². The molecule has 1 aromatic heterocycles. The molecule has 1 atom stereocenters. The Morgan fingerprint density at radius 1 is 1.33 bits per heavy atom. The third-order valence-electron chi connectivity index (χ3n) is 3.48. The van der Waals surface area contributed by atoms with E-state index in [0.29, 0.717) is 18.8 Å². The molecule has 1 aliphatic heterocycles. The van der Waals surface area contributed by atoms with E-state index in [1.807, 2.05) is 25.1 Å². The maximum atomic E-state index is 11.3. The van der Waals surface area contributed by atoms with Crippen LogP contribution in [0.4, 0.5) is 0 Å². The predicted octanol–water partition coefficient (Wildman–Crippen LogP) is 1.97. The zero-order valence-corrected chi connectivity index (χ0v) is 11.9. The van der Waals surface area contributed by atoms with Crippen molar-refractivity contribution >= 4 is 5.91 Å².